The molecule has 17 heavy (non-hydrogen) atoms. The van der Waals surface area contributed by atoms with Crippen LogP contribution in [0.4, 0.5) is 0 Å². The molecule has 1 fully saturated rings. The monoisotopic (exact) mass is 239 g/mol. The Morgan fingerprint density at radius 2 is 1.94 bits per heavy atom. The zero-order valence-electron chi connectivity index (χ0n) is 10.3. The summed E-state index contributed by atoms with van der Waals surface area (Å²) in [5.74, 6) is 0.112. The Hall–Kier alpha value is -1.19. The Bertz CT molecular complexity index is 265. The first kappa shape index (κ1) is 13.9. The van der Waals surface area contributed by atoms with E-state index < -0.39 is 0 Å². The SMILES string of the molecule is O=CCCCCCCN1C(=O)CCC[C@@H]1C=O. The minimum Gasteiger partial charge on any atom is -0.333 e. The molecule has 0 bridgehead atoms. The molecule has 0 N–H and O–H groups in total. The summed E-state index contributed by atoms with van der Waals surface area (Å²) in [6.07, 6.45) is 8.56. The van der Waals surface area contributed by atoms with Gasteiger partial charge in [0.1, 0.15) is 12.6 Å². The van der Waals surface area contributed by atoms with Crippen LogP contribution in [-0.4, -0.2) is 36.0 Å². The highest BCUT2D eigenvalue weighted by molar-refractivity contribution is 5.81. The second kappa shape index (κ2) is 7.98. The molecule has 0 spiro atoms. The number of carbonyl (C=O) groups is 3. The van der Waals surface area contributed by atoms with E-state index in [1.54, 1.807) is 4.90 Å². The quantitative estimate of drug-likeness (QED) is 0.478. The number of nitrogens with zero attached hydrogens (tertiary/aromatic N) is 1. The molecule has 0 aliphatic carbocycles. The first-order chi connectivity index (χ1) is 8.29. The van der Waals surface area contributed by atoms with Crippen LogP contribution in [-0.2, 0) is 14.4 Å². The van der Waals surface area contributed by atoms with Crippen molar-refractivity contribution in [3.8, 4) is 0 Å². The van der Waals surface area contributed by atoms with E-state index in [9.17, 15) is 14.4 Å². The van der Waals surface area contributed by atoms with E-state index in [-0.39, 0.29) is 11.9 Å². The summed E-state index contributed by atoms with van der Waals surface area (Å²) >= 11 is 0. The number of aldehydes is 2. The van der Waals surface area contributed by atoms with Crippen molar-refractivity contribution in [3.05, 3.63) is 0 Å². The van der Waals surface area contributed by atoms with Crippen molar-refractivity contribution in [3.63, 3.8) is 0 Å². The predicted molar refractivity (Wildman–Crippen MR) is 64.6 cm³/mol. The van der Waals surface area contributed by atoms with Gasteiger partial charge in [0.15, 0.2) is 0 Å². The lowest BCUT2D eigenvalue weighted by Crippen LogP contribution is -2.44. The third-order valence-corrected chi connectivity index (χ3v) is 3.24. The average molecular weight is 239 g/mol. The molecule has 1 heterocycles. The summed E-state index contributed by atoms with van der Waals surface area (Å²) in [6, 6.07) is -0.203. The van der Waals surface area contributed by atoms with E-state index in [1.807, 2.05) is 0 Å². The molecule has 0 unspecified atom stereocenters. The van der Waals surface area contributed by atoms with Gasteiger partial charge in [0.25, 0.3) is 0 Å². The second-order valence-electron chi connectivity index (χ2n) is 4.55. The van der Waals surface area contributed by atoms with E-state index in [1.165, 1.54) is 0 Å². The molecule has 1 aliphatic rings. The Morgan fingerprint density at radius 3 is 2.65 bits per heavy atom. The van der Waals surface area contributed by atoms with Crippen molar-refractivity contribution >= 4 is 18.5 Å². The molecule has 0 aromatic rings. The fourth-order valence-electron chi connectivity index (χ4n) is 2.24. The van der Waals surface area contributed by atoms with E-state index in [0.717, 1.165) is 51.1 Å². The highest BCUT2D eigenvalue weighted by atomic mass is 16.2. The zero-order chi connectivity index (χ0) is 12.5. The third-order valence-electron chi connectivity index (χ3n) is 3.24. The van der Waals surface area contributed by atoms with Crippen LogP contribution in [0.1, 0.15) is 51.4 Å². The standard InChI is InChI=1S/C13H21NO3/c15-10-5-3-1-2-4-9-14-12(11-16)7-6-8-13(14)17/h10-12H,1-9H2/t12-/m1/s1. The average Bonchev–Trinajstić information content (AvgIpc) is 2.35. The summed E-state index contributed by atoms with van der Waals surface area (Å²) in [4.78, 5) is 34.3. The molecule has 1 aliphatic heterocycles. The summed E-state index contributed by atoms with van der Waals surface area (Å²) in [7, 11) is 0. The predicted octanol–water partition coefficient (Wildman–Crippen LogP) is 1.72. The number of hydrogen-bond acceptors (Lipinski definition) is 3. The molecule has 0 radical (unpaired) electrons. The molecule has 1 atom stereocenters. The van der Waals surface area contributed by atoms with Gasteiger partial charge in [-0.1, -0.05) is 12.8 Å². The maximum absolute atomic E-state index is 11.7. The number of hydrogen-bond donors (Lipinski definition) is 0. The van der Waals surface area contributed by atoms with Gasteiger partial charge in [0.2, 0.25) is 5.91 Å². The Morgan fingerprint density at radius 1 is 1.18 bits per heavy atom. The molecule has 0 aromatic carbocycles. The van der Waals surface area contributed by atoms with Crippen molar-refractivity contribution in [2.45, 2.75) is 57.4 Å². The van der Waals surface area contributed by atoms with Gasteiger partial charge < -0.3 is 14.5 Å². The number of carbonyl (C=O) groups excluding carboxylic acids is 3. The van der Waals surface area contributed by atoms with Gasteiger partial charge in [0, 0.05) is 19.4 Å². The summed E-state index contributed by atoms with van der Waals surface area (Å²) in [5.41, 5.74) is 0. The Kier molecular flexibility index (Phi) is 6.51. The van der Waals surface area contributed by atoms with Crippen molar-refractivity contribution in [2.24, 2.45) is 0 Å². The normalized spacial score (nSPS) is 20.4. The number of likely N-dealkylation sites (tertiary alicyclic amines) is 1. The first-order valence-corrected chi connectivity index (χ1v) is 6.48. The van der Waals surface area contributed by atoms with Crippen molar-refractivity contribution < 1.29 is 14.4 Å². The molecule has 1 rings (SSSR count). The van der Waals surface area contributed by atoms with Gasteiger partial charge in [0.05, 0.1) is 6.04 Å². The largest absolute Gasteiger partial charge is 0.333 e. The molecule has 0 saturated carbocycles. The van der Waals surface area contributed by atoms with Crippen molar-refractivity contribution in [1.82, 2.24) is 4.90 Å². The van der Waals surface area contributed by atoms with Crippen LogP contribution >= 0.6 is 0 Å². The Balaban J connectivity index is 2.20. The van der Waals surface area contributed by atoms with Crippen LogP contribution < -0.4 is 0 Å². The van der Waals surface area contributed by atoms with Crippen molar-refractivity contribution in [1.29, 1.82) is 0 Å². The lowest BCUT2D eigenvalue weighted by molar-refractivity contribution is -0.139. The summed E-state index contributed by atoms with van der Waals surface area (Å²) in [6.45, 7) is 0.684. The van der Waals surface area contributed by atoms with E-state index in [0.29, 0.717) is 19.4 Å². The fourth-order valence-corrected chi connectivity index (χ4v) is 2.24. The summed E-state index contributed by atoms with van der Waals surface area (Å²) in [5, 5.41) is 0. The molecule has 1 saturated heterocycles. The molecule has 4 heteroatoms. The van der Waals surface area contributed by atoms with E-state index in [4.69, 9.17) is 0 Å². The van der Waals surface area contributed by atoms with Gasteiger partial charge >= 0.3 is 0 Å². The molecular formula is C13H21NO3. The fraction of sp³-hybridized carbons (Fsp3) is 0.769. The van der Waals surface area contributed by atoms with Gasteiger partial charge in [-0.05, 0) is 25.7 Å². The van der Waals surface area contributed by atoms with Gasteiger partial charge in [-0.2, -0.15) is 0 Å². The number of amides is 1. The topological polar surface area (TPSA) is 54.5 Å². The third kappa shape index (κ3) is 4.67. The Labute approximate surface area is 102 Å². The molecule has 1 amide bonds. The first-order valence-electron chi connectivity index (χ1n) is 6.48. The lowest BCUT2D eigenvalue weighted by Gasteiger charge is -2.32. The molecule has 4 nitrogen and oxygen atoms in total. The van der Waals surface area contributed by atoms with Crippen LogP contribution in [0.15, 0.2) is 0 Å². The summed E-state index contributed by atoms with van der Waals surface area (Å²) < 4.78 is 0. The number of unbranched alkanes of at least 4 members (excludes halogenated alkanes) is 4. The van der Waals surface area contributed by atoms with Crippen LogP contribution in [0.2, 0.25) is 0 Å². The van der Waals surface area contributed by atoms with Crippen LogP contribution in [0.5, 0.6) is 0 Å². The van der Waals surface area contributed by atoms with Gasteiger partial charge in [-0.15, -0.1) is 0 Å². The maximum atomic E-state index is 11.7. The smallest absolute Gasteiger partial charge is 0.223 e. The number of piperidine rings is 1. The lowest BCUT2D eigenvalue weighted by atomic mass is 10.0. The highest BCUT2D eigenvalue weighted by Crippen LogP contribution is 2.17. The molecule has 0 aromatic heterocycles. The second-order valence-corrected chi connectivity index (χ2v) is 4.55. The van der Waals surface area contributed by atoms with Gasteiger partial charge in [-0.25, -0.2) is 0 Å². The van der Waals surface area contributed by atoms with Crippen LogP contribution in [0.3, 0.4) is 0 Å². The number of rotatable bonds is 8. The van der Waals surface area contributed by atoms with E-state index in [2.05, 4.69) is 0 Å². The highest BCUT2D eigenvalue weighted by Gasteiger charge is 2.26. The van der Waals surface area contributed by atoms with Crippen LogP contribution in [0, 0.1) is 0 Å². The molecular weight excluding hydrogens is 218 g/mol. The minimum atomic E-state index is -0.203. The van der Waals surface area contributed by atoms with Gasteiger partial charge in [-0.3, -0.25) is 4.79 Å². The van der Waals surface area contributed by atoms with Crippen LogP contribution in [0.25, 0.3) is 0 Å². The van der Waals surface area contributed by atoms with Crippen molar-refractivity contribution in [2.75, 3.05) is 6.54 Å². The maximum Gasteiger partial charge on any atom is 0.223 e. The zero-order valence-corrected chi connectivity index (χ0v) is 10.3. The van der Waals surface area contributed by atoms with E-state index >= 15 is 0 Å². The minimum absolute atomic E-state index is 0.112. The molecule has 96 valence electrons.